The Balaban J connectivity index is 2.77. The number of hydrogen-bond donors (Lipinski definition) is 1. The fraction of sp³-hybridized carbons (Fsp3) is 0.800. The van der Waals surface area contributed by atoms with Crippen LogP contribution >= 0.6 is 0 Å². The molecule has 0 fully saturated rings. The van der Waals surface area contributed by atoms with Crippen molar-refractivity contribution in [3.8, 4) is 0 Å². The largest absolute Gasteiger partial charge is 0.314 e. The van der Waals surface area contributed by atoms with Gasteiger partial charge in [-0.05, 0) is 18.8 Å². The topological polar surface area (TPSA) is 23.5 Å². The molecule has 1 aliphatic heterocycles. The van der Waals surface area contributed by atoms with Crippen LogP contribution in [0.3, 0.4) is 0 Å². The first-order valence-electron chi connectivity index (χ1n) is 4.79. The monoisotopic (exact) mass is 169 g/mol. The van der Waals surface area contributed by atoms with Gasteiger partial charge in [0.1, 0.15) is 0 Å². The second-order valence-corrected chi connectivity index (χ2v) is 3.78. The summed E-state index contributed by atoms with van der Waals surface area (Å²) in [5.41, 5.74) is 2.99. The predicted molar refractivity (Wildman–Crippen MR) is 50.1 cm³/mol. The molecule has 0 aromatic carbocycles. The number of hydrogen-bond acceptors (Lipinski definition) is 2. The standard InChI is InChI=1S/C10H19NO/c1-4-9-5-6-11(12)7-10(9)8(2)3/h8,12H,4-7H2,1-3H3. The molecule has 0 saturated carbocycles. The van der Waals surface area contributed by atoms with Crippen molar-refractivity contribution in [1.29, 1.82) is 0 Å². The summed E-state index contributed by atoms with van der Waals surface area (Å²) in [5, 5.41) is 10.8. The van der Waals surface area contributed by atoms with E-state index in [1.165, 1.54) is 10.6 Å². The van der Waals surface area contributed by atoms with E-state index in [4.69, 9.17) is 0 Å². The molecule has 0 aromatic heterocycles. The van der Waals surface area contributed by atoms with Crippen LogP contribution in [0.5, 0.6) is 0 Å². The first-order valence-corrected chi connectivity index (χ1v) is 4.79. The molecule has 1 heterocycles. The highest BCUT2D eigenvalue weighted by atomic mass is 16.5. The third-order valence-corrected chi connectivity index (χ3v) is 2.60. The predicted octanol–water partition coefficient (Wildman–Crippen LogP) is 2.44. The van der Waals surface area contributed by atoms with Crippen molar-refractivity contribution in [1.82, 2.24) is 5.06 Å². The third-order valence-electron chi connectivity index (χ3n) is 2.60. The summed E-state index contributed by atoms with van der Waals surface area (Å²) in [6.45, 7) is 8.15. The van der Waals surface area contributed by atoms with Gasteiger partial charge >= 0.3 is 0 Å². The molecule has 2 heteroatoms. The minimum Gasteiger partial charge on any atom is -0.314 e. The normalized spacial score (nSPS) is 20.8. The van der Waals surface area contributed by atoms with Gasteiger partial charge in [-0.1, -0.05) is 31.9 Å². The highest BCUT2D eigenvalue weighted by Gasteiger charge is 2.17. The van der Waals surface area contributed by atoms with Crippen LogP contribution in [0.15, 0.2) is 11.1 Å². The first kappa shape index (κ1) is 9.75. The molecule has 12 heavy (non-hydrogen) atoms. The van der Waals surface area contributed by atoms with Crippen LogP contribution in [0, 0.1) is 5.92 Å². The van der Waals surface area contributed by atoms with Crippen molar-refractivity contribution in [2.45, 2.75) is 33.6 Å². The van der Waals surface area contributed by atoms with Gasteiger partial charge in [0.25, 0.3) is 0 Å². The van der Waals surface area contributed by atoms with Gasteiger partial charge in [-0.15, -0.1) is 0 Å². The molecular weight excluding hydrogens is 150 g/mol. The quantitative estimate of drug-likeness (QED) is 0.642. The lowest BCUT2D eigenvalue weighted by atomic mass is 9.91. The zero-order valence-electron chi connectivity index (χ0n) is 8.30. The van der Waals surface area contributed by atoms with Gasteiger partial charge in [-0.3, -0.25) is 0 Å². The molecule has 0 unspecified atom stereocenters. The molecule has 0 atom stereocenters. The maximum absolute atomic E-state index is 9.34. The van der Waals surface area contributed by atoms with Crippen LogP contribution in [-0.2, 0) is 0 Å². The van der Waals surface area contributed by atoms with E-state index in [9.17, 15) is 5.21 Å². The summed E-state index contributed by atoms with van der Waals surface area (Å²) in [7, 11) is 0. The molecule has 0 amide bonds. The summed E-state index contributed by atoms with van der Waals surface area (Å²) in [6, 6.07) is 0. The molecule has 0 spiro atoms. The Kier molecular flexibility index (Phi) is 3.29. The van der Waals surface area contributed by atoms with Crippen LogP contribution in [0.4, 0.5) is 0 Å². The average molecular weight is 169 g/mol. The van der Waals surface area contributed by atoms with E-state index in [0.29, 0.717) is 5.92 Å². The van der Waals surface area contributed by atoms with E-state index < -0.39 is 0 Å². The number of hydroxylamine groups is 2. The minimum absolute atomic E-state index is 0.579. The second kappa shape index (κ2) is 4.06. The molecule has 1 N–H and O–H groups in total. The molecular formula is C10H19NO. The van der Waals surface area contributed by atoms with Crippen molar-refractivity contribution in [3.05, 3.63) is 11.1 Å². The Bertz CT molecular complexity index is 184. The van der Waals surface area contributed by atoms with Gasteiger partial charge in [-0.25, -0.2) is 0 Å². The smallest absolute Gasteiger partial charge is 0.0453 e. The molecule has 0 saturated heterocycles. The highest BCUT2D eigenvalue weighted by Crippen LogP contribution is 2.24. The van der Waals surface area contributed by atoms with E-state index in [1.807, 2.05) is 0 Å². The van der Waals surface area contributed by atoms with Crippen molar-refractivity contribution >= 4 is 0 Å². The Morgan fingerprint density at radius 1 is 1.50 bits per heavy atom. The fourth-order valence-corrected chi connectivity index (χ4v) is 1.81. The SMILES string of the molecule is CCC1=C(C(C)C)CN(O)CC1. The maximum atomic E-state index is 9.34. The van der Waals surface area contributed by atoms with Gasteiger partial charge < -0.3 is 5.21 Å². The lowest BCUT2D eigenvalue weighted by molar-refractivity contribution is -0.0873. The van der Waals surface area contributed by atoms with Crippen LogP contribution in [0.2, 0.25) is 0 Å². The highest BCUT2D eigenvalue weighted by molar-refractivity contribution is 5.19. The molecule has 0 aromatic rings. The van der Waals surface area contributed by atoms with E-state index >= 15 is 0 Å². The van der Waals surface area contributed by atoms with E-state index in [-0.39, 0.29) is 0 Å². The zero-order chi connectivity index (χ0) is 9.14. The molecule has 0 aliphatic carbocycles. The number of rotatable bonds is 2. The average Bonchev–Trinajstić information content (AvgIpc) is 2.04. The Morgan fingerprint density at radius 3 is 2.67 bits per heavy atom. The summed E-state index contributed by atoms with van der Waals surface area (Å²) in [6.07, 6.45) is 2.18. The summed E-state index contributed by atoms with van der Waals surface area (Å²) >= 11 is 0. The summed E-state index contributed by atoms with van der Waals surface area (Å²) < 4.78 is 0. The lowest BCUT2D eigenvalue weighted by Gasteiger charge is -2.28. The molecule has 0 bridgehead atoms. The minimum atomic E-state index is 0.579. The molecule has 1 rings (SSSR count). The molecule has 2 nitrogen and oxygen atoms in total. The van der Waals surface area contributed by atoms with Crippen LogP contribution in [-0.4, -0.2) is 23.4 Å². The van der Waals surface area contributed by atoms with Gasteiger partial charge in [0.05, 0.1) is 0 Å². The van der Waals surface area contributed by atoms with Gasteiger partial charge in [-0.2, -0.15) is 5.06 Å². The Hall–Kier alpha value is -0.340. The second-order valence-electron chi connectivity index (χ2n) is 3.78. The number of nitrogens with zero attached hydrogens (tertiary/aromatic N) is 1. The van der Waals surface area contributed by atoms with Gasteiger partial charge in [0.15, 0.2) is 0 Å². The first-order chi connectivity index (χ1) is 5.65. The van der Waals surface area contributed by atoms with Crippen molar-refractivity contribution < 1.29 is 5.21 Å². The van der Waals surface area contributed by atoms with Crippen LogP contribution in [0.1, 0.15) is 33.6 Å². The lowest BCUT2D eigenvalue weighted by Crippen LogP contribution is -2.30. The fourth-order valence-electron chi connectivity index (χ4n) is 1.81. The van der Waals surface area contributed by atoms with E-state index in [2.05, 4.69) is 20.8 Å². The summed E-state index contributed by atoms with van der Waals surface area (Å²) in [5.74, 6) is 0.579. The van der Waals surface area contributed by atoms with Crippen LogP contribution < -0.4 is 0 Å². The molecule has 70 valence electrons. The van der Waals surface area contributed by atoms with Gasteiger partial charge in [0, 0.05) is 13.1 Å². The van der Waals surface area contributed by atoms with E-state index in [1.54, 1.807) is 5.57 Å². The zero-order valence-corrected chi connectivity index (χ0v) is 8.30. The Labute approximate surface area is 74.8 Å². The van der Waals surface area contributed by atoms with Crippen molar-refractivity contribution in [2.24, 2.45) is 5.92 Å². The third kappa shape index (κ3) is 2.08. The van der Waals surface area contributed by atoms with Crippen LogP contribution in [0.25, 0.3) is 0 Å². The Morgan fingerprint density at radius 2 is 2.17 bits per heavy atom. The van der Waals surface area contributed by atoms with E-state index in [0.717, 1.165) is 25.9 Å². The van der Waals surface area contributed by atoms with Crippen molar-refractivity contribution in [2.75, 3.05) is 13.1 Å². The maximum Gasteiger partial charge on any atom is 0.0453 e. The van der Waals surface area contributed by atoms with Gasteiger partial charge in [0.2, 0.25) is 0 Å². The molecule has 0 radical (unpaired) electrons. The van der Waals surface area contributed by atoms with Crippen molar-refractivity contribution in [3.63, 3.8) is 0 Å². The summed E-state index contributed by atoms with van der Waals surface area (Å²) in [4.78, 5) is 0. The molecule has 1 aliphatic rings.